The van der Waals surface area contributed by atoms with Gasteiger partial charge in [0.1, 0.15) is 0 Å². The molecule has 1 aliphatic rings. The molecule has 0 aromatic rings. The molecule has 1 unspecified atom stereocenters. The summed E-state index contributed by atoms with van der Waals surface area (Å²) in [6.45, 7) is 4.45. The molecule has 1 rings (SSSR count). The Morgan fingerprint density at radius 3 is 2.88 bits per heavy atom. The second-order valence-corrected chi connectivity index (χ2v) is 4.58. The Morgan fingerprint density at radius 1 is 1.75 bits per heavy atom. The third kappa shape index (κ3) is 1.75. The average Bonchev–Trinajstić information content (AvgIpc) is 1.64. The van der Waals surface area contributed by atoms with Gasteiger partial charge < -0.3 is 0 Å². The van der Waals surface area contributed by atoms with Gasteiger partial charge in [-0.2, -0.15) is 0 Å². The molecule has 0 radical (unpaired) electrons. The van der Waals surface area contributed by atoms with Crippen LogP contribution in [0, 0.1) is 0 Å². The maximum absolute atomic E-state index is 2.27. The van der Waals surface area contributed by atoms with E-state index in [1.54, 1.807) is 0 Å². The lowest BCUT2D eigenvalue weighted by Crippen LogP contribution is -2.01. The van der Waals surface area contributed by atoms with Gasteiger partial charge in [-0.25, -0.2) is 0 Å². The van der Waals surface area contributed by atoms with Gasteiger partial charge in [0.25, 0.3) is 0 Å². The molecule has 8 heavy (non-hydrogen) atoms. The number of hydrogen-bond donors (Lipinski definition) is 0. The number of hydrogen-bond acceptors (Lipinski definition) is 2. The fourth-order valence-corrected chi connectivity index (χ4v) is 2.85. The first-order valence-corrected chi connectivity index (χ1v) is 4.67. The first kappa shape index (κ1) is 6.56. The molecule has 0 fully saturated rings. The first-order valence-electron chi connectivity index (χ1n) is 2.74. The third-order valence-electron chi connectivity index (χ3n) is 0.967. The Bertz CT molecular complexity index is 107. The van der Waals surface area contributed by atoms with E-state index in [0.717, 1.165) is 5.25 Å². The second kappa shape index (κ2) is 2.83. The Kier molecular flexibility index (Phi) is 2.32. The van der Waals surface area contributed by atoms with E-state index in [1.807, 2.05) is 23.5 Å². The maximum atomic E-state index is 2.27. The average molecular weight is 146 g/mol. The van der Waals surface area contributed by atoms with Crippen molar-refractivity contribution in [2.24, 2.45) is 0 Å². The van der Waals surface area contributed by atoms with Gasteiger partial charge in [-0.15, -0.1) is 23.5 Å². The molecule has 0 amide bonds. The lowest BCUT2D eigenvalue weighted by Gasteiger charge is -2.14. The lowest BCUT2D eigenvalue weighted by molar-refractivity contribution is 1.13. The van der Waals surface area contributed by atoms with Crippen LogP contribution >= 0.6 is 23.5 Å². The van der Waals surface area contributed by atoms with E-state index in [-0.39, 0.29) is 0 Å². The summed E-state index contributed by atoms with van der Waals surface area (Å²) in [5.41, 5.74) is 0. The van der Waals surface area contributed by atoms with Crippen molar-refractivity contribution < 1.29 is 0 Å². The molecular formula is C6H10S2. The van der Waals surface area contributed by atoms with Crippen molar-refractivity contribution in [2.75, 3.05) is 5.75 Å². The standard InChI is InChI=1S/C6H10S2/c1-5-3-7-4-6(2)8-5/h3,6H,4H2,1-2H3. The van der Waals surface area contributed by atoms with E-state index in [0.29, 0.717) is 0 Å². The van der Waals surface area contributed by atoms with Gasteiger partial charge in [-0.05, 0) is 17.2 Å². The third-order valence-corrected chi connectivity index (χ3v) is 3.60. The molecule has 0 aromatic heterocycles. The van der Waals surface area contributed by atoms with Crippen LogP contribution in [0.5, 0.6) is 0 Å². The van der Waals surface area contributed by atoms with Crippen LogP contribution < -0.4 is 0 Å². The van der Waals surface area contributed by atoms with Gasteiger partial charge in [-0.3, -0.25) is 0 Å². The minimum Gasteiger partial charge on any atom is -0.132 e. The zero-order chi connectivity index (χ0) is 5.98. The highest BCUT2D eigenvalue weighted by Crippen LogP contribution is 2.31. The van der Waals surface area contributed by atoms with Gasteiger partial charge >= 0.3 is 0 Å². The summed E-state index contributed by atoms with van der Waals surface area (Å²) >= 11 is 3.91. The highest BCUT2D eigenvalue weighted by Gasteiger charge is 2.07. The molecule has 0 saturated carbocycles. The van der Waals surface area contributed by atoms with Crippen LogP contribution in [-0.4, -0.2) is 11.0 Å². The summed E-state index contributed by atoms with van der Waals surface area (Å²) in [4.78, 5) is 1.47. The Balaban J connectivity index is 2.45. The van der Waals surface area contributed by atoms with Crippen molar-refractivity contribution in [3.05, 3.63) is 10.3 Å². The smallest absolute Gasteiger partial charge is 0.0157 e. The molecular weight excluding hydrogens is 136 g/mol. The SMILES string of the molecule is CC1=CSCC(C)S1. The summed E-state index contributed by atoms with van der Waals surface area (Å²) in [6, 6.07) is 0. The molecule has 2 heteroatoms. The highest BCUT2D eigenvalue weighted by molar-refractivity contribution is 8.09. The molecule has 0 saturated heterocycles. The molecule has 0 spiro atoms. The second-order valence-electron chi connectivity index (χ2n) is 1.99. The summed E-state index contributed by atoms with van der Waals surface area (Å²) in [5.74, 6) is 1.28. The van der Waals surface area contributed by atoms with E-state index in [4.69, 9.17) is 0 Å². The fourth-order valence-electron chi connectivity index (χ4n) is 0.680. The minimum absolute atomic E-state index is 0.824. The van der Waals surface area contributed by atoms with Crippen LogP contribution in [0.1, 0.15) is 13.8 Å². The molecule has 0 nitrogen and oxygen atoms in total. The normalized spacial score (nSPS) is 29.8. The van der Waals surface area contributed by atoms with Crippen molar-refractivity contribution >= 4 is 23.5 Å². The molecule has 46 valence electrons. The van der Waals surface area contributed by atoms with Crippen LogP contribution in [0.2, 0.25) is 0 Å². The summed E-state index contributed by atoms with van der Waals surface area (Å²) < 4.78 is 0. The van der Waals surface area contributed by atoms with Crippen molar-refractivity contribution in [1.82, 2.24) is 0 Å². The molecule has 0 aromatic carbocycles. The van der Waals surface area contributed by atoms with Crippen molar-refractivity contribution in [3.63, 3.8) is 0 Å². The van der Waals surface area contributed by atoms with Crippen molar-refractivity contribution in [3.8, 4) is 0 Å². The zero-order valence-corrected chi connectivity index (χ0v) is 6.81. The topological polar surface area (TPSA) is 0 Å². The number of allylic oxidation sites excluding steroid dienone is 1. The molecule has 1 heterocycles. The minimum atomic E-state index is 0.824. The zero-order valence-electron chi connectivity index (χ0n) is 5.18. The monoisotopic (exact) mass is 146 g/mol. The predicted molar refractivity (Wildman–Crippen MR) is 43.3 cm³/mol. The quantitative estimate of drug-likeness (QED) is 0.515. The van der Waals surface area contributed by atoms with Gasteiger partial charge in [0.2, 0.25) is 0 Å². The first-order chi connectivity index (χ1) is 3.79. The Morgan fingerprint density at radius 2 is 2.50 bits per heavy atom. The number of thioether (sulfide) groups is 2. The van der Waals surface area contributed by atoms with E-state index in [1.165, 1.54) is 10.7 Å². The van der Waals surface area contributed by atoms with Crippen LogP contribution in [-0.2, 0) is 0 Å². The largest absolute Gasteiger partial charge is 0.132 e. The highest BCUT2D eigenvalue weighted by atomic mass is 32.2. The Hall–Kier alpha value is 0.440. The molecule has 1 atom stereocenters. The van der Waals surface area contributed by atoms with Crippen molar-refractivity contribution in [2.45, 2.75) is 19.1 Å². The molecule has 0 bridgehead atoms. The van der Waals surface area contributed by atoms with Crippen LogP contribution in [0.4, 0.5) is 0 Å². The maximum Gasteiger partial charge on any atom is 0.0157 e. The Labute approximate surface area is 59.1 Å². The van der Waals surface area contributed by atoms with Gasteiger partial charge in [0, 0.05) is 11.0 Å². The van der Waals surface area contributed by atoms with E-state index in [9.17, 15) is 0 Å². The summed E-state index contributed by atoms with van der Waals surface area (Å²) in [6.07, 6.45) is 0. The van der Waals surface area contributed by atoms with Crippen LogP contribution in [0.3, 0.4) is 0 Å². The number of rotatable bonds is 0. The van der Waals surface area contributed by atoms with Crippen LogP contribution in [0.25, 0.3) is 0 Å². The summed E-state index contributed by atoms with van der Waals surface area (Å²) in [5, 5.41) is 3.06. The fraction of sp³-hybridized carbons (Fsp3) is 0.667. The van der Waals surface area contributed by atoms with E-state index < -0.39 is 0 Å². The van der Waals surface area contributed by atoms with E-state index in [2.05, 4.69) is 19.3 Å². The van der Waals surface area contributed by atoms with Crippen LogP contribution in [0.15, 0.2) is 10.3 Å². The van der Waals surface area contributed by atoms with Crippen molar-refractivity contribution in [1.29, 1.82) is 0 Å². The van der Waals surface area contributed by atoms with Gasteiger partial charge in [-0.1, -0.05) is 6.92 Å². The lowest BCUT2D eigenvalue weighted by atomic mass is 10.6. The molecule has 1 aliphatic heterocycles. The molecule has 0 aliphatic carbocycles. The van der Waals surface area contributed by atoms with Gasteiger partial charge in [0.15, 0.2) is 0 Å². The van der Waals surface area contributed by atoms with Gasteiger partial charge in [0.05, 0.1) is 0 Å². The molecule has 0 N–H and O–H groups in total. The predicted octanol–water partition coefficient (Wildman–Crippen LogP) is 2.72. The van der Waals surface area contributed by atoms with E-state index >= 15 is 0 Å². The summed E-state index contributed by atoms with van der Waals surface area (Å²) in [7, 11) is 0.